The second-order valence-electron chi connectivity index (χ2n) is 3.83. The van der Waals surface area contributed by atoms with Crippen LogP contribution in [0.4, 0.5) is 0 Å². The van der Waals surface area contributed by atoms with Crippen LogP contribution in [0.3, 0.4) is 0 Å². The average Bonchev–Trinajstić information content (AvgIpc) is 2.21. The standard InChI is InChI=1S/C11H17NO/c1-2-9(8-12)11(13)10-6-4-3-5-7-10/h9-10H,2-7H2,1H3. The Morgan fingerprint density at radius 1 is 1.46 bits per heavy atom. The highest BCUT2D eigenvalue weighted by molar-refractivity contribution is 5.85. The van der Waals surface area contributed by atoms with Crippen LogP contribution in [-0.2, 0) is 4.79 Å². The van der Waals surface area contributed by atoms with E-state index in [1.54, 1.807) is 0 Å². The average molecular weight is 179 g/mol. The van der Waals surface area contributed by atoms with E-state index in [1.807, 2.05) is 6.92 Å². The van der Waals surface area contributed by atoms with Crippen LogP contribution in [0, 0.1) is 23.2 Å². The molecule has 1 atom stereocenters. The third kappa shape index (κ3) is 2.55. The van der Waals surface area contributed by atoms with Crippen LogP contribution in [0.5, 0.6) is 0 Å². The maximum Gasteiger partial charge on any atom is 0.153 e. The fourth-order valence-electron chi connectivity index (χ4n) is 2.03. The van der Waals surface area contributed by atoms with Gasteiger partial charge in [-0.2, -0.15) is 5.26 Å². The van der Waals surface area contributed by atoms with Crippen molar-refractivity contribution in [1.29, 1.82) is 5.26 Å². The molecule has 1 rings (SSSR count). The molecule has 1 unspecified atom stereocenters. The van der Waals surface area contributed by atoms with E-state index in [-0.39, 0.29) is 17.6 Å². The first-order valence-electron chi connectivity index (χ1n) is 5.23. The van der Waals surface area contributed by atoms with Crippen molar-refractivity contribution in [3.63, 3.8) is 0 Å². The van der Waals surface area contributed by atoms with Gasteiger partial charge in [-0.15, -0.1) is 0 Å². The zero-order chi connectivity index (χ0) is 9.68. The summed E-state index contributed by atoms with van der Waals surface area (Å²) in [7, 11) is 0. The monoisotopic (exact) mass is 179 g/mol. The molecule has 1 aliphatic carbocycles. The molecule has 2 nitrogen and oxygen atoms in total. The summed E-state index contributed by atoms with van der Waals surface area (Å²) in [6.07, 6.45) is 6.28. The lowest BCUT2D eigenvalue weighted by atomic mass is 9.81. The largest absolute Gasteiger partial charge is 0.298 e. The van der Waals surface area contributed by atoms with Crippen molar-refractivity contribution in [3.05, 3.63) is 0 Å². The van der Waals surface area contributed by atoms with Gasteiger partial charge in [-0.25, -0.2) is 0 Å². The Labute approximate surface area is 79.9 Å². The van der Waals surface area contributed by atoms with Crippen LogP contribution >= 0.6 is 0 Å². The van der Waals surface area contributed by atoms with Crippen molar-refractivity contribution in [3.8, 4) is 6.07 Å². The van der Waals surface area contributed by atoms with E-state index in [9.17, 15) is 4.79 Å². The molecule has 0 aliphatic heterocycles. The highest BCUT2D eigenvalue weighted by atomic mass is 16.1. The second kappa shape index (κ2) is 5.01. The van der Waals surface area contributed by atoms with E-state index in [4.69, 9.17) is 5.26 Å². The van der Waals surface area contributed by atoms with Gasteiger partial charge in [-0.1, -0.05) is 26.2 Å². The Bertz CT molecular complexity index is 211. The summed E-state index contributed by atoms with van der Waals surface area (Å²) in [5, 5.41) is 8.76. The van der Waals surface area contributed by atoms with Gasteiger partial charge >= 0.3 is 0 Å². The molecular formula is C11H17NO. The van der Waals surface area contributed by atoms with Crippen molar-refractivity contribution in [2.24, 2.45) is 11.8 Å². The van der Waals surface area contributed by atoms with Gasteiger partial charge in [0.05, 0.1) is 6.07 Å². The first-order valence-corrected chi connectivity index (χ1v) is 5.23. The number of rotatable bonds is 3. The molecule has 0 aromatic carbocycles. The lowest BCUT2D eigenvalue weighted by molar-refractivity contribution is -0.126. The molecule has 0 saturated heterocycles. The number of carbonyl (C=O) groups is 1. The SMILES string of the molecule is CCC(C#N)C(=O)C1CCCCC1. The van der Waals surface area contributed by atoms with E-state index in [0.717, 1.165) is 25.7 Å². The van der Waals surface area contributed by atoms with Crippen LogP contribution in [0.15, 0.2) is 0 Å². The summed E-state index contributed by atoms with van der Waals surface area (Å²) in [4.78, 5) is 11.7. The lowest BCUT2D eigenvalue weighted by Gasteiger charge is -2.21. The van der Waals surface area contributed by atoms with Crippen LogP contribution in [0.25, 0.3) is 0 Å². The first-order chi connectivity index (χ1) is 6.29. The molecule has 1 fully saturated rings. The zero-order valence-electron chi connectivity index (χ0n) is 8.25. The minimum absolute atomic E-state index is 0.193. The quantitative estimate of drug-likeness (QED) is 0.668. The van der Waals surface area contributed by atoms with Crippen molar-refractivity contribution in [2.75, 3.05) is 0 Å². The summed E-state index contributed by atoms with van der Waals surface area (Å²) < 4.78 is 0. The molecule has 0 spiro atoms. The topological polar surface area (TPSA) is 40.9 Å². The molecule has 0 heterocycles. The fourth-order valence-corrected chi connectivity index (χ4v) is 2.03. The van der Waals surface area contributed by atoms with Crippen LogP contribution < -0.4 is 0 Å². The number of nitriles is 1. The van der Waals surface area contributed by atoms with Crippen LogP contribution in [0.2, 0.25) is 0 Å². The number of ketones is 1. The molecular weight excluding hydrogens is 162 g/mol. The zero-order valence-corrected chi connectivity index (χ0v) is 8.25. The second-order valence-corrected chi connectivity index (χ2v) is 3.83. The Balaban J connectivity index is 2.50. The number of nitrogens with zero attached hydrogens (tertiary/aromatic N) is 1. The molecule has 1 aliphatic rings. The normalized spacial score (nSPS) is 20.6. The van der Waals surface area contributed by atoms with Gasteiger partial charge in [0.1, 0.15) is 5.92 Å². The molecule has 2 heteroatoms. The Kier molecular flexibility index (Phi) is 3.95. The summed E-state index contributed by atoms with van der Waals surface area (Å²) in [5.74, 6) is 0.0474. The predicted molar refractivity (Wildman–Crippen MR) is 51.0 cm³/mol. The van der Waals surface area contributed by atoms with E-state index < -0.39 is 0 Å². The Hall–Kier alpha value is -0.840. The maximum absolute atomic E-state index is 11.7. The third-order valence-electron chi connectivity index (χ3n) is 2.92. The minimum atomic E-state index is -0.344. The molecule has 0 radical (unpaired) electrons. The number of Topliss-reactive ketones (excluding diaryl/α,β-unsaturated/α-hetero) is 1. The van der Waals surface area contributed by atoms with Crippen LogP contribution in [-0.4, -0.2) is 5.78 Å². The maximum atomic E-state index is 11.7. The molecule has 0 bridgehead atoms. The van der Waals surface area contributed by atoms with Gasteiger partial charge in [0.25, 0.3) is 0 Å². The summed E-state index contributed by atoms with van der Waals surface area (Å²) in [6, 6.07) is 2.10. The van der Waals surface area contributed by atoms with Crippen molar-refractivity contribution >= 4 is 5.78 Å². The molecule has 13 heavy (non-hydrogen) atoms. The summed E-state index contributed by atoms with van der Waals surface area (Å²) in [5.41, 5.74) is 0. The highest BCUT2D eigenvalue weighted by Crippen LogP contribution is 2.27. The predicted octanol–water partition coefficient (Wildman–Crippen LogP) is 2.69. The smallest absolute Gasteiger partial charge is 0.153 e. The molecule has 0 aromatic heterocycles. The Morgan fingerprint density at radius 3 is 2.54 bits per heavy atom. The van der Waals surface area contributed by atoms with Gasteiger partial charge in [0, 0.05) is 5.92 Å². The van der Waals surface area contributed by atoms with Gasteiger partial charge in [0.15, 0.2) is 5.78 Å². The number of hydrogen-bond donors (Lipinski definition) is 0. The number of hydrogen-bond acceptors (Lipinski definition) is 2. The van der Waals surface area contributed by atoms with E-state index >= 15 is 0 Å². The molecule has 0 amide bonds. The minimum Gasteiger partial charge on any atom is -0.298 e. The van der Waals surface area contributed by atoms with E-state index in [0.29, 0.717) is 6.42 Å². The van der Waals surface area contributed by atoms with E-state index in [2.05, 4.69) is 6.07 Å². The summed E-state index contributed by atoms with van der Waals surface area (Å²) in [6.45, 7) is 1.91. The van der Waals surface area contributed by atoms with Crippen molar-refractivity contribution in [2.45, 2.75) is 45.4 Å². The van der Waals surface area contributed by atoms with Crippen molar-refractivity contribution < 1.29 is 4.79 Å². The van der Waals surface area contributed by atoms with Gasteiger partial charge in [0.2, 0.25) is 0 Å². The first kappa shape index (κ1) is 10.2. The summed E-state index contributed by atoms with van der Waals surface area (Å²) >= 11 is 0. The van der Waals surface area contributed by atoms with E-state index in [1.165, 1.54) is 6.42 Å². The highest BCUT2D eigenvalue weighted by Gasteiger charge is 2.26. The molecule has 0 aromatic rings. The lowest BCUT2D eigenvalue weighted by Crippen LogP contribution is -2.24. The fraction of sp³-hybridized carbons (Fsp3) is 0.818. The number of carbonyl (C=O) groups excluding carboxylic acids is 1. The van der Waals surface area contributed by atoms with Gasteiger partial charge in [-0.05, 0) is 19.3 Å². The van der Waals surface area contributed by atoms with Crippen molar-refractivity contribution in [1.82, 2.24) is 0 Å². The van der Waals surface area contributed by atoms with Gasteiger partial charge < -0.3 is 0 Å². The molecule has 0 N–H and O–H groups in total. The molecule has 1 saturated carbocycles. The molecule has 72 valence electrons. The Morgan fingerprint density at radius 2 is 2.08 bits per heavy atom. The van der Waals surface area contributed by atoms with Crippen LogP contribution in [0.1, 0.15) is 45.4 Å². The third-order valence-corrected chi connectivity index (χ3v) is 2.92. The van der Waals surface area contributed by atoms with Gasteiger partial charge in [-0.3, -0.25) is 4.79 Å².